The molecule has 0 N–H and O–H groups in total. The number of hydrogen-bond acceptors (Lipinski definition) is 2. The summed E-state index contributed by atoms with van der Waals surface area (Å²) in [6.45, 7) is 3.56. The number of halogens is 6. The van der Waals surface area contributed by atoms with Crippen molar-refractivity contribution in [3.8, 4) is 0 Å². The van der Waals surface area contributed by atoms with Gasteiger partial charge in [0.25, 0.3) is 0 Å². The number of benzene rings is 1. The van der Waals surface area contributed by atoms with Gasteiger partial charge in [-0.1, -0.05) is 7.92 Å². The number of rotatable bonds is 7. The topological polar surface area (TPSA) is 18.5 Å². The normalized spacial score (nSPS) is 21.9. The maximum Gasteiger partial charge on any atom is 0.416 e. The number of hydrogen-bond donors (Lipinski definition) is 0. The van der Waals surface area contributed by atoms with Gasteiger partial charge in [-0.05, 0) is 75.9 Å². The second-order valence-electron chi connectivity index (χ2n) is 7.59. The van der Waals surface area contributed by atoms with Crippen molar-refractivity contribution in [2.45, 2.75) is 38.4 Å². The second kappa shape index (κ2) is 10.4. The summed E-state index contributed by atoms with van der Waals surface area (Å²) in [7, 11) is 1.22. The van der Waals surface area contributed by atoms with E-state index in [-0.39, 0.29) is 11.4 Å². The van der Waals surface area contributed by atoms with Crippen molar-refractivity contribution in [3.63, 3.8) is 0 Å². The van der Waals surface area contributed by atoms with Crippen LogP contribution in [0.25, 0.3) is 0 Å². The molecule has 0 unspecified atom stereocenters. The lowest BCUT2D eigenvalue weighted by molar-refractivity contribution is -0.142. The van der Waals surface area contributed by atoms with E-state index in [4.69, 9.17) is 9.47 Å². The van der Waals surface area contributed by atoms with Gasteiger partial charge in [0.15, 0.2) is 0 Å². The van der Waals surface area contributed by atoms with Crippen LogP contribution in [0.4, 0.5) is 26.3 Å². The summed E-state index contributed by atoms with van der Waals surface area (Å²) in [5.74, 6) is 1.43. The molecule has 1 aromatic carbocycles. The summed E-state index contributed by atoms with van der Waals surface area (Å²) in [5, 5.41) is -0.0429. The molecular weight excluding hydrogens is 465 g/mol. The highest BCUT2D eigenvalue weighted by Crippen LogP contribution is 2.69. The SMILES string of the molecule is CO[C@@H](C)[C]1[CH][CH][CH][C]1P([C]1[CH][CH][CH][C]1[C@H](C)OC)c1cc(C(F)(F)F)cc(C(F)(F)F)c1. The van der Waals surface area contributed by atoms with Crippen molar-refractivity contribution in [1.29, 1.82) is 0 Å². The summed E-state index contributed by atoms with van der Waals surface area (Å²) in [5.41, 5.74) is -1.38. The monoisotopic (exact) mass is 488 g/mol. The average Bonchev–Trinajstić information content (AvgIpc) is 3.42. The Bertz CT molecular complexity index is 736. The third kappa shape index (κ3) is 5.87. The van der Waals surface area contributed by atoms with Crippen LogP contribution in [0.5, 0.6) is 0 Å². The van der Waals surface area contributed by atoms with Crippen LogP contribution in [-0.2, 0) is 21.8 Å². The fourth-order valence-corrected chi connectivity index (χ4v) is 6.52. The predicted octanol–water partition coefficient (Wildman–Crippen LogP) is 6.37. The average molecular weight is 488 g/mol. The molecule has 0 aromatic heterocycles. The Morgan fingerprint density at radius 1 is 0.667 bits per heavy atom. The maximum atomic E-state index is 13.6. The summed E-state index contributed by atoms with van der Waals surface area (Å²) < 4.78 is 92.5. The molecule has 0 bridgehead atoms. The molecule has 0 spiro atoms. The van der Waals surface area contributed by atoms with Crippen molar-refractivity contribution in [2.24, 2.45) is 0 Å². The van der Waals surface area contributed by atoms with Gasteiger partial charge >= 0.3 is 12.4 Å². The lowest BCUT2D eigenvalue weighted by Crippen LogP contribution is -2.28. The van der Waals surface area contributed by atoms with E-state index < -0.39 is 43.6 Å². The molecule has 0 saturated heterocycles. The Kier molecular flexibility index (Phi) is 8.44. The highest BCUT2D eigenvalue weighted by molar-refractivity contribution is 7.72. The Hall–Kier alpha value is -0.850. The van der Waals surface area contributed by atoms with Gasteiger partial charge in [-0.15, -0.1) is 0 Å². The summed E-state index contributed by atoms with van der Waals surface area (Å²) in [4.78, 5) is 0. The van der Waals surface area contributed by atoms with Gasteiger partial charge in [-0.3, -0.25) is 0 Å². The van der Waals surface area contributed by atoms with E-state index in [9.17, 15) is 26.3 Å². The molecule has 0 aliphatic heterocycles. The van der Waals surface area contributed by atoms with Gasteiger partial charge in [0.2, 0.25) is 0 Å². The molecular formula is C24H23F6O2P. The minimum Gasteiger partial charge on any atom is -0.381 e. The highest BCUT2D eigenvalue weighted by Gasteiger charge is 2.48. The minimum atomic E-state index is -4.93. The van der Waals surface area contributed by atoms with Gasteiger partial charge in [-0.25, -0.2) is 0 Å². The molecule has 0 amide bonds. The van der Waals surface area contributed by atoms with Crippen molar-refractivity contribution in [3.05, 3.63) is 91.0 Å². The number of alkyl halides is 6. The standard InChI is InChI=1S/C24H23F6O2P/c1-14(31-3)19-7-5-9-21(19)33(22-10-6-8-20(22)15(2)32-4)18-12-16(23(25,26)27)11-17(13-18)24(28,29)30/h5-15H,1-4H3/t14-,15-/m0/s1. The van der Waals surface area contributed by atoms with Crippen LogP contribution in [0.1, 0.15) is 25.0 Å². The molecule has 2 saturated carbocycles. The van der Waals surface area contributed by atoms with Crippen LogP contribution >= 0.6 is 7.92 Å². The Balaban J connectivity index is 2.17. The molecule has 2 aliphatic carbocycles. The molecule has 2 aliphatic rings. The molecule has 10 radical (unpaired) electrons. The van der Waals surface area contributed by atoms with Gasteiger partial charge < -0.3 is 9.47 Å². The van der Waals surface area contributed by atoms with E-state index in [0.29, 0.717) is 23.2 Å². The van der Waals surface area contributed by atoms with E-state index in [0.717, 1.165) is 12.1 Å². The Morgan fingerprint density at radius 2 is 1.06 bits per heavy atom. The zero-order valence-corrected chi connectivity index (χ0v) is 19.3. The van der Waals surface area contributed by atoms with Crippen LogP contribution in [0.15, 0.2) is 18.2 Å². The molecule has 1 aromatic rings. The van der Waals surface area contributed by atoms with Crippen molar-refractivity contribution >= 4 is 13.2 Å². The van der Waals surface area contributed by atoms with Crippen LogP contribution in [0.3, 0.4) is 0 Å². The Morgan fingerprint density at radius 3 is 1.39 bits per heavy atom. The lowest BCUT2D eigenvalue weighted by atomic mass is 10.0. The number of methoxy groups -OCH3 is 2. The molecule has 0 heterocycles. The molecule has 2 atom stereocenters. The fourth-order valence-electron chi connectivity index (χ4n) is 3.67. The minimum absolute atomic E-state index is 0.0429. The summed E-state index contributed by atoms with van der Waals surface area (Å²) in [6, 6.07) is 1.80. The molecule has 2 fully saturated rings. The van der Waals surface area contributed by atoms with Crippen molar-refractivity contribution < 1.29 is 35.8 Å². The van der Waals surface area contributed by atoms with Gasteiger partial charge in [0.1, 0.15) is 0 Å². The molecule has 9 heteroatoms. The second-order valence-corrected chi connectivity index (χ2v) is 9.74. The van der Waals surface area contributed by atoms with E-state index in [2.05, 4.69) is 0 Å². The van der Waals surface area contributed by atoms with Gasteiger partial charge in [-0.2, -0.15) is 26.3 Å². The van der Waals surface area contributed by atoms with Gasteiger partial charge in [0.05, 0.1) is 23.3 Å². The van der Waals surface area contributed by atoms with E-state index >= 15 is 0 Å². The van der Waals surface area contributed by atoms with Crippen LogP contribution in [0.2, 0.25) is 0 Å². The third-order valence-electron chi connectivity index (χ3n) is 5.55. The van der Waals surface area contributed by atoms with Crippen LogP contribution in [0, 0.1) is 61.7 Å². The zero-order chi connectivity index (χ0) is 24.6. The highest BCUT2D eigenvalue weighted by atomic mass is 31.1. The first kappa shape index (κ1) is 26.7. The van der Waals surface area contributed by atoms with Crippen molar-refractivity contribution in [1.82, 2.24) is 0 Å². The van der Waals surface area contributed by atoms with Crippen LogP contribution < -0.4 is 5.30 Å². The quantitative estimate of drug-likeness (QED) is 0.328. The first-order valence-electron chi connectivity index (χ1n) is 10.0. The lowest BCUT2D eigenvalue weighted by Gasteiger charge is -2.38. The summed E-state index contributed by atoms with van der Waals surface area (Å²) >= 11 is 0. The van der Waals surface area contributed by atoms with E-state index in [1.807, 2.05) is 0 Å². The van der Waals surface area contributed by atoms with Gasteiger partial charge in [0, 0.05) is 37.4 Å². The Labute approximate surface area is 193 Å². The molecule has 178 valence electrons. The third-order valence-corrected chi connectivity index (χ3v) is 8.10. The molecule has 33 heavy (non-hydrogen) atoms. The van der Waals surface area contributed by atoms with E-state index in [1.54, 1.807) is 52.4 Å². The fraction of sp³-hybridized carbons (Fsp3) is 0.333. The largest absolute Gasteiger partial charge is 0.416 e. The first-order chi connectivity index (χ1) is 15.4. The zero-order valence-electron chi connectivity index (χ0n) is 18.4. The molecule has 2 nitrogen and oxygen atoms in total. The molecule has 3 rings (SSSR count). The number of ether oxygens (including phenoxy) is 2. The van der Waals surface area contributed by atoms with Crippen LogP contribution in [-0.4, -0.2) is 26.4 Å². The first-order valence-corrected chi connectivity index (χ1v) is 11.4. The van der Waals surface area contributed by atoms with Crippen molar-refractivity contribution in [2.75, 3.05) is 14.2 Å². The summed E-state index contributed by atoms with van der Waals surface area (Å²) in [6.07, 6.45) is -0.167. The van der Waals surface area contributed by atoms with E-state index in [1.165, 1.54) is 14.2 Å². The smallest absolute Gasteiger partial charge is 0.381 e. The maximum absolute atomic E-state index is 13.6. The predicted molar refractivity (Wildman–Crippen MR) is 115 cm³/mol.